The molecule has 0 atom stereocenters. The van der Waals surface area contributed by atoms with Crippen LogP contribution in [-0.4, -0.2) is 35.5 Å². The van der Waals surface area contributed by atoms with Gasteiger partial charge in [0.1, 0.15) is 16.2 Å². The lowest BCUT2D eigenvalue weighted by Gasteiger charge is -2.09. The number of ether oxygens (including phenoxy) is 1. The molecule has 0 unspecified atom stereocenters. The Kier molecular flexibility index (Phi) is 5.73. The van der Waals surface area contributed by atoms with E-state index in [0.717, 1.165) is 5.56 Å². The minimum atomic E-state index is -3.98. The first-order valence-corrected chi connectivity index (χ1v) is 12.4. The van der Waals surface area contributed by atoms with Crippen molar-refractivity contribution in [2.75, 3.05) is 12.3 Å². The SMILES string of the molecule is Cc1ccc(S(=O)(=O)c2c(N)n(CCCOC(=O)c3ccco3)c3nc4ccccc4nc23)cc1. The van der Waals surface area contributed by atoms with Gasteiger partial charge in [0.05, 0.1) is 28.8 Å². The van der Waals surface area contributed by atoms with E-state index in [4.69, 9.17) is 14.9 Å². The van der Waals surface area contributed by atoms with Gasteiger partial charge < -0.3 is 19.5 Å². The topological polar surface area (TPSA) is 130 Å². The average Bonchev–Trinajstić information content (AvgIpc) is 3.47. The summed E-state index contributed by atoms with van der Waals surface area (Å²) in [6.07, 6.45) is 1.77. The van der Waals surface area contributed by atoms with Gasteiger partial charge in [-0.2, -0.15) is 0 Å². The summed E-state index contributed by atoms with van der Waals surface area (Å²) < 4.78 is 39.2. The molecule has 3 heterocycles. The highest BCUT2D eigenvalue weighted by atomic mass is 32.2. The summed E-state index contributed by atoms with van der Waals surface area (Å²) in [4.78, 5) is 21.3. The first kappa shape index (κ1) is 22.6. The van der Waals surface area contributed by atoms with Crippen molar-refractivity contribution in [1.29, 1.82) is 0 Å². The summed E-state index contributed by atoms with van der Waals surface area (Å²) in [6.45, 7) is 2.23. The molecule has 0 radical (unpaired) electrons. The summed E-state index contributed by atoms with van der Waals surface area (Å²) in [6, 6.07) is 16.9. The Hall–Kier alpha value is -4.18. The minimum absolute atomic E-state index is 0.0354. The number of carbonyl (C=O) groups excluding carboxylic acids is 1. The minimum Gasteiger partial charge on any atom is -0.460 e. The molecule has 0 saturated carbocycles. The number of rotatable bonds is 7. The van der Waals surface area contributed by atoms with Gasteiger partial charge in [0.25, 0.3) is 0 Å². The Balaban J connectivity index is 1.54. The average molecular weight is 491 g/mol. The molecule has 0 saturated heterocycles. The van der Waals surface area contributed by atoms with Crippen LogP contribution in [0.4, 0.5) is 5.82 Å². The fraction of sp³-hybridized carbons (Fsp3) is 0.160. The van der Waals surface area contributed by atoms with E-state index in [1.807, 2.05) is 19.1 Å². The third-order valence-electron chi connectivity index (χ3n) is 5.63. The molecule has 3 aromatic heterocycles. The monoisotopic (exact) mass is 490 g/mol. The predicted octanol–water partition coefficient (Wildman–Crippen LogP) is 4.15. The zero-order valence-corrected chi connectivity index (χ0v) is 19.7. The summed E-state index contributed by atoms with van der Waals surface area (Å²) >= 11 is 0. The van der Waals surface area contributed by atoms with Gasteiger partial charge in [-0.3, -0.25) is 0 Å². The molecule has 0 amide bonds. The largest absolute Gasteiger partial charge is 0.460 e. The van der Waals surface area contributed by atoms with Crippen LogP contribution in [0.3, 0.4) is 0 Å². The van der Waals surface area contributed by atoms with Crippen molar-refractivity contribution in [2.45, 2.75) is 29.7 Å². The van der Waals surface area contributed by atoms with Gasteiger partial charge in [0, 0.05) is 6.54 Å². The Bertz CT molecular complexity index is 1640. The standard InChI is InChI=1S/C25H22N4O5S/c1-16-9-11-17(12-10-16)35(31,32)22-21-24(28-19-7-3-2-6-18(19)27-21)29(23(22)26)13-5-15-34-25(30)20-8-4-14-33-20/h2-4,6-12,14H,5,13,15,26H2,1H3. The lowest BCUT2D eigenvalue weighted by Crippen LogP contribution is -2.11. The lowest BCUT2D eigenvalue weighted by molar-refractivity contribution is 0.0460. The van der Waals surface area contributed by atoms with Crippen LogP contribution >= 0.6 is 0 Å². The maximum atomic E-state index is 13.6. The normalized spacial score (nSPS) is 11.8. The van der Waals surface area contributed by atoms with Gasteiger partial charge in [-0.1, -0.05) is 29.8 Å². The van der Waals surface area contributed by atoms with Gasteiger partial charge in [-0.05, 0) is 49.7 Å². The zero-order valence-electron chi connectivity index (χ0n) is 18.8. The number of esters is 1. The van der Waals surface area contributed by atoms with Crippen molar-refractivity contribution in [3.63, 3.8) is 0 Å². The molecule has 35 heavy (non-hydrogen) atoms. The smallest absolute Gasteiger partial charge is 0.374 e. The van der Waals surface area contributed by atoms with Gasteiger partial charge >= 0.3 is 5.97 Å². The molecule has 2 N–H and O–H groups in total. The van der Waals surface area contributed by atoms with Crippen molar-refractivity contribution >= 4 is 43.8 Å². The maximum Gasteiger partial charge on any atom is 0.374 e. The summed E-state index contributed by atoms with van der Waals surface area (Å²) in [5.41, 5.74) is 9.10. The molecule has 0 aliphatic rings. The maximum absolute atomic E-state index is 13.6. The molecule has 10 heteroatoms. The zero-order chi connectivity index (χ0) is 24.6. The van der Waals surface area contributed by atoms with Crippen molar-refractivity contribution in [3.8, 4) is 0 Å². The van der Waals surface area contributed by atoms with Crippen LogP contribution in [0, 0.1) is 6.92 Å². The van der Waals surface area contributed by atoms with E-state index in [1.54, 1.807) is 47.0 Å². The first-order chi connectivity index (χ1) is 16.9. The molecule has 0 fully saturated rings. The number of anilines is 1. The third-order valence-corrected chi connectivity index (χ3v) is 7.46. The third kappa shape index (κ3) is 4.12. The first-order valence-electron chi connectivity index (χ1n) is 10.9. The molecule has 5 aromatic rings. The predicted molar refractivity (Wildman–Crippen MR) is 130 cm³/mol. The molecule has 0 aliphatic heterocycles. The molecule has 9 nitrogen and oxygen atoms in total. The van der Waals surface area contributed by atoms with Crippen LogP contribution in [0.2, 0.25) is 0 Å². The number of sulfone groups is 1. The van der Waals surface area contributed by atoms with E-state index in [2.05, 4.69) is 9.97 Å². The molecule has 0 aliphatic carbocycles. The fourth-order valence-corrected chi connectivity index (χ4v) is 5.38. The van der Waals surface area contributed by atoms with E-state index < -0.39 is 15.8 Å². The van der Waals surface area contributed by atoms with Gasteiger partial charge in [0.15, 0.2) is 5.65 Å². The van der Waals surface area contributed by atoms with Crippen molar-refractivity contribution < 1.29 is 22.4 Å². The number of benzene rings is 2. The second-order valence-electron chi connectivity index (χ2n) is 8.03. The van der Waals surface area contributed by atoms with Crippen LogP contribution in [0.5, 0.6) is 0 Å². The number of nitrogen functional groups attached to an aromatic ring is 1. The van der Waals surface area contributed by atoms with Gasteiger partial charge in [-0.25, -0.2) is 23.2 Å². The number of fused-ring (bicyclic) bond motifs is 2. The Morgan fingerprint density at radius 1 is 1.03 bits per heavy atom. The molecule has 5 rings (SSSR count). The molecule has 0 spiro atoms. The van der Waals surface area contributed by atoms with Crippen molar-refractivity contribution in [3.05, 3.63) is 78.3 Å². The number of nitrogens with zero attached hydrogens (tertiary/aromatic N) is 3. The molecule has 0 bridgehead atoms. The lowest BCUT2D eigenvalue weighted by atomic mass is 10.2. The molecular formula is C25H22N4O5S. The Labute approximate surface area is 201 Å². The van der Waals surface area contributed by atoms with E-state index in [0.29, 0.717) is 23.1 Å². The van der Waals surface area contributed by atoms with E-state index in [9.17, 15) is 13.2 Å². The Morgan fingerprint density at radius 2 is 1.74 bits per heavy atom. The molecule has 178 valence electrons. The number of aryl methyl sites for hydroxylation is 2. The molecular weight excluding hydrogens is 468 g/mol. The van der Waals surface area contributed by atoms with Gasteiger partial charge in [0.2, 0.25) is 15.6 Å². The van der Waals surface area contributed by atoms with Gasteiger partial charge in [-0.15, -0.1) is 0 Å². The van der Waals surface area contributed by atoms with Crippen molar-refractivity contribution in [1.82, 2.24) is 14.5 Å². The number of nitrogens with two attached hydrogens (primary N) is 1. The number of para-hydroxylation sites is 2. The number of aromatic nitrogens is 3. The van der Waals surface area contributed by atoms with Crippen LogP contribution in [0.15, 0.2) is 81.1 Å². The highest BCUT2D eigenvalue weighted by molar-refractivity contribution is 7.92. The second kappa shape index (κ2) is 8.88. The quantitative estimate of drug-likeness (QED) is 0.266. The second-order valence-corrected chi connectivity index (χ2v) is 9.92. The van der Waals surface area contributed by atoms with Crippen LogP contribution in [0.1, 0.15) is 22.5 Å². The number of carbonyl (C=O) groups is 1. The van der Waals surface area contributed by atoms with Crippen LogP contribution < -0.4 is 5.73 Å². The van der Waals surface area contributed by atoms with Crippen LogP contribution in [0.25, 0.3) is 22.2 Å². The van der Waals surface area contributed by atoms with E-state index >= 15 is 0 Å². The highest BCUT2D eigenvalue weighted by Gasteiger charge is 2.30. The fourth-order valence-electron chi connectivity index (χ4n) is 3.87. The summed E-state index contributed by atoms with van der Waals surface area (Å²) in [5, 5.41) is 0. The Morgan fingerprint density at radius 3 is 2.43 bits per heavy atom. The molecule has 2 aromatic carbocycles. The van der Waals surface area contributed by atoms with E-state index in [-0.39, 0.29) is 40.0 Å². The van der Waals surface area contributed by atoms with Crippen molar-refractivity contribution in [2.24, 2.45) is 0 Å². The number of hydrogen-bond acceptors (Lipinski definition) is 8. The number of furan rings is 1. The highest BCUT2D eigenvalue weighted by Crippen LogP contribution is 2.35. The number of hydrogen-bond donors (Lipinski definition) is 1. The van der Waals surface area contributed by atoms with E-state index in [1.165, 1.54) is 12.3 Å². The summed E-state index contributed by atoms with van der Waals surface area (Å²) in [7, 11) is -3.98. The van der Waals surface area contributed by atoms with Crippen LogP contribution in [-0.2, 0) is 21.1 Å². The summed E-state index contributed by atoms with van der Waals surface area (Å²) in [5.74, 6) is -0.429.